The second kappa shape index (κ2) is 7.27. The van der Waals surface area contributed by atoms with E-state index in [1.54, 1.807) is 11.3 Å². The molecular formula is C17H25N5S. The Kier molecular flexibility index (Phi) is 5.13. The zero-order valence-corrected chi connectivity index (χ0v) is 14.8. The molecule has 0 aliphatic carbocycles. The first kappa shape index (κ1) is 16.2. The minimum Gasteiger partial charge on any atom is -0.373 e. The molecule has 0 spiro atoms. The van der Waals surface area contributed by atoms with Crippen molar-refractivity contribution in [3.05, 3.63) is 35.1 Å². The summed E-state index contributed by atoms with van der Waals surface area (Å²) >= 11 is 1.72. The molecule has 0 bridgehead atoms. The van der Waals surface area contributed by atoms with Crippen LogP contribution in [0.5, 0.6) is 0 Å². The summed E-state index contributed by atoms with van der Waals surface area (Å²) in [5, 5.41) is 7.79. The number of hydrogen-bond donors (Lipinski definition) is 0. The van der Waals surface area contributed by atoms with Gasteiger partial charge in [0.05, 0.1) is 23.4 Å². The van der Waals surface area contributed by atoms with Crippen LogP contribution in [0.15, 0.2) is 30.0 Å². The first-order chi connectivity index (χ1) is 11.2. The molecule has 5 nitrogen and oxygen atoms in total. The quantitative estimate of drug-likeness (QED) is 0.816. The molecule has 0 aromatic carbocycles. The Hall–Kier alpha value is -1.66. The summed E-state index contributed by atoms with van der Waals surface area (Å²) in [6.45, 7) is 14.6. The van der Waals surface area contributed by atoms with Gasteiger partial charge in [0.25, 0.3) is 0 Å². The fourth-order valence-corrected chi connectivity index (χ4v) is 3.58. The van der Waals surface area contributed by atoms with Crippen molar-refractivity contribution in [2.75, 3.05) is 32.7 Å². The molecule has 2 aromatic rings. The number of nitrogens with zero attached hydrogens (tertiary/aromatic N) is 5. The van der Waals surface area contributed by atoms with Crippen LogP contribution in [-0.4, -0.2) is 57.3 Å². The van der Waals surface area contributed by atoms with Gasteiger partial charge in [0.15, 0.2) is 0 Å². The fraction of sp³-hybridized carbons (Fsp3) is 0.529. The Morgan fingerprint density at radius 1 is 1.26 bits per heavy atom. The Labute approximate surface area is 142 Å². The van der Waals surface area contributed by atoms with Crippen LogP contribution >= 0.6 is 11.3 Å². The lowest BCUT2D eigenvalue weighted by atomic mass is 10.3. The normalized spacial score (nSPS) is 16.0. The molecule has 6 heteroatoms. The lowest BCUT2D eigenvalue weighted by molar-refractivity contribution is 0.154. The maximum Gasteiger partial charge on any atom is 0.0929 e. The van der Waals surface area contributed by atoms with E-state index in [-0.39, 0.29) is 0 Å². The van der Waals surface area contributed by atoms with E-state index in [2.05, 4.69) is 51.9 Å². The fourth-order valence-electron chi connectivity index (χ4n) is 2.82. The van der Waals surface area contributed by atoms with E-state index < -0.39 is 0 Å². The van der Waals surface area contributed by atoms with Gasteiger partial charge in [0.1, 0.15) is 0 Å². The van der Waals surface area contributed by atoms with Crippen molar-refractivity contribution in [2.45, 2.75) is 26.8 Å². The first-order valence-corrected chi connectivity index (χ1v) is 9.13. The summed E-state index contributed by atoms with van der Waals surface area (Å²) < 4.78 is 2.03. The summed E-state index contributed by atoms with van der Waals surface area (Å²) in [4.78, 5) is 9.48. The number of piperazine rings is 1. The number of aromatic nitrogens is 3. The highest BCUT2D eigenvalue weighted by molar-refractivity contribution is 7.09. The molecule has 23 heavy (non-hydrogen) atoms. The van der Waals surface area contributed by atoms with Crippen LogP contribution in [0.1, 0.15) is 18.9 Å². The van der Waals surface area contributed by atoms with Gasteiger partial charge in [-0.25, -0.2) is 4.98 Å². The second-order valence-corrected chi connectivity index (χ2v) is 6.98. The Balaban J connectivity index is 1.51. The lowest BCUT2D eigenvalue weighted by Crippen LogP contribution is -2.46. The smallest absolute Gasteiger partial charge is 0.0929 e. The van der Waals surface area contributed by atoms with E-state index in [0.29, 0.717) is 0 Å². The highest BCUT2D eigenvalue weighted by Crippen LogP contribution is 2.21. The van der Waals surface area contributed by atoms with Crippen molar-refractivity contribution in [3.8, 4) is 11.3 Å². The average Bonchev–Trinajstić information content (AvgIpc) is 3.22. The van der Waals surface area contributed by atoms with Crippen molar-refractivity contribution in [1.82, 2.24) is 24.6 Å². The molecule has 0 N–H and O–H groups in total. The molecule has 0 unspecified atom stereocenters. The zero-order chi connectivity index (χ0) is 16.2. The van der Waals surface area contributed by atoms with Gasteiger partial charge in [-0.3, -0.25) is 9.58 Å². The van der Waals surface area contributed by atoms with Crippen molar-refractivity contribution in [1.29, 1.82) is 0 Å². The van der Waals surface area contributed by atoms with E-state index >= 15 is 0 Å². The lowest BCUT2D eigenvalue weighted by Gasteiger charge is -2.36. The van der Waals surface area contributed by atoms with E-state index in [1.807, 2.05) is 10.9 Å². The third kappa shape index (κ3) is 4.00. The van der Waals surface area contributed by atoms with Gasteiger partial charge in [-0.15, -0.1) is 11.3 Å². The SMILES string of the molecule is C=C(C)N1CCN(CCn2cc(-c3csc(CC)n3)cn2)CC1. The largest absolute Gasteiger partial charge is 0.373 e. The van der Waals surface area contributed by atoms with Crippen LogP contribution < -0.4 is 0 Å². The van der Waals surface area contributed by atoms with E-state index in [9.17, 15) is 0 Å². The number of thiazole rings is 1. The van der Waals surface area contributed by atoms with Gasteiger partial charge >= 0.3 is 0 Å². The molecule has 124 valence electrons. The minimum atomic E-state index is 0.928. The molecule has 1 aliphatic heterocycles. The van der Waals surface area contributed by atoms with Crippen molar-refractivity contribution in [3.63, 3.8) is 0 Å². The number of aryl methyl sites for hydroxylation is 1. The molecule has 0 saturated carbocycles. The molecule has 3 heterocycles. The van der Waals surface area contributed by atoms with Crippen LogP contribution in [0.25, 0.3) is 11.3 Å². The third-order valence-electron chi connectivity index (χ3n) is 4.34. The van der Waals surface area contributed by atoms with Crippen LogP contribution in [0, 0.1) is 0 Å². The molecule has 1 fully saturated rings. The maximum atomic E-state index is 4.63. The molecular weight excluding hydrogens is 306 g/mol. The molecule has 0 atom stereocenters. The van der Waals surface area contributed by atoms with Gasteiger partial charge in [0, 0.05) is 55.6 Å². The molecule has 0 radical (unpaired) electrons. The standard InChI is InChI=1S/C17H25N5S/c1-4-17-19-16(13-23-17)15-11-18-22(12-15)10-7-20-5-8-21(9-6-20)14(2)3/h11-13H,2,4-10H2,1,3H3. The first-order valence-electron chi connectivity index (χ1n) is 8.25. The Morgan fingerprint density at radius 3 is 2.70 bits per heavy atom. The number of allylic oxidation sites excluding steroid dienone is 1. The van der Waals surface area contributed by atoms with Crippen LogP contribution in [-0.2, 0) is 13.0 Å². The highest BCUT2D eigenvalue weighted by Gasteiger charge is 2.16. The molecule has 1 saturated heterocycles. The van der Waals surface area contributed by atoms with Crippen LogP contribution in [0.3, 0.4) is 0 Å². The molecule has 0 amide bonds. The van der Waals surface area contributed by atoms with Gasteiger partial charge in [0.2, 0.25) is 0 Å². The predicted octanol–water partition coefficient (Wildman–Crippen LogP) is 2.72. The highest BCUT2D eigenvalue weighted by atomic mass is 32.1. The summed E-state index contributed by atoms with van der Waals surface area (Å²) in [7, 11) is 0. The molecule has 2 aromatic heterocycles. The Morgan fingerprint density at radius 2 is 2.04 bits per heavy atom. The van der Waals surface area contributed by atoms with E-state index in [1.165, 1.54) is 10.7 Å². The van der Waals surface area contributed by atoms with Crippen LogP contribution in [0.2, 0.25) is 0 Å². The van der Waals surface area contributed by atoms with E-state index in [4.69, 9.17) is 0 Å². The number of hydrogen-bond acceptors (Lipinski definition) is 5. The summed E-state index contributed by atoms with van der Waals surface area (Å²) in [5.41, 5.74) is 3.34. The Bertz CT molecular complexity index is 651. The third-order valence-corrected chi connectivity index (χ3v) is 5.33. The minimum absolute atomic E-state index is 0.928. The second-order valence-electron chi connectivity index (χ2n) is 6.04. The monoisotopic (exact) mass is 331 g/mol. The van der Waals surface area contributed by atoms with Gasteiger partial charge in [-0.1, -0.05) is 13.5 Å². The van der Waals surface area contributed by atoms with Gasteiger partial charge in [-0.2, -0.15) is 5.10 Å². The molecule has 1 aliphatic rings. The maximum absolute atomic E-state index is 4.63. The van der Waals surface area contributed by atoms with E-state index in [0.717, 1.165) is 56.9 Å². The van der Waals surface area contributed by atoms with Crippen LogP contribution in [0.4, 0.5) is 0 Å². The van der Waals surface area contributed by atoms with Crippen molar-refractivity contribution in [2.24, 2.45) is 0 Å². The summed E-state index contributed by atoms with van der Waals surface area (Å²) in [5.74, 6) is 0. The van der Waals surface area contributed by atoms with Gasteiger partial charge in [-0.05, 0) is 13.3 Å². The summed E-state index contributed by atoms with van der Waals surface area (Å²) in [6, 6.07) is 0. The average molecular weight is 331 g/mol. The van der Waals surface area contributed by atoms with Crippen molar-refractivity contribution >= 4 is 11.3 Å². The van der Waals surface area contributed by atoms with Gasteiger partial charge < -0.3 is 4.90 Å². The van der Waals surface area contributed by atoms with Crippen molar-refractivity contribution < 1.29 is 0 Å². The summed E-state index contributed by atoms with van der Waals surface area (Å²) in [6.07, 6.45) is 5.03. The number of rotatable bonds is 6. The predicted molar refractivity (Wildman–Crippen MR) is 95.5 cm³/mol. The zero-order valence-electron chi connectivity index (χ0n) is 14.0. The molecule has 3 rings (SSSR count). The topological polar surface area (TPSA) is 37.2 Å².